The second kappa shape index (κ2) is 5.31. The molecule has 1 aliphatic carbocycles. The Morgan fingerprint density at radius 1 is 1.11 bits per heavy atom. The van der Waals surface area contributed by atoms with Gasteiger partial charge in [0, 0.05) is 24.2 Å². The maximum Gasteiger partial charge on any atom is 0.168 e. The number of aromatic nitrogens is 2. The zero-order valence-electron chi connectivity index (χ0n) is 10.8. The fraction of sp³-hybridized carbons (Fsp3) is 0.312. The molecule has 1 aromatic carbocycles. The highest BCUT2D eigenvalue weighted by molar-refractivity contribution is 5.97. The second-order valence-electron chi connectivity index (χ2n) is 4.99. The number of fused-ring (bicyclic) bond motifs is 1. The molecule has 0 amide bonds. The van der Waals surface area contributed by atoms with Crippen molar-refractivity contribution in [2.45, 2.75) is 32.1 Å². The topological polar surface area (TPSA) is 42.9 Å². The van der Waals surface area contributed by atoms with Crippen LogP contribution in [0.5, 0.6) is 0 Å². The molecule has 0 fully saturated rings. The summed E-state index contributed by atoms with van der Waals surface area (Å²) in [5, 5.41) is 0. The number of nitrogens with zero attached hydrogens (tertiary/aromatic N) is 2. The predicted molar refractivity (Wildman–Crippen MR) is 73.2 cm³/mol. The Morgan fingerprint density at radius 3 is 2.74 bits per heavy atom. The molecule has 3 heteroatoms. The third-order valence-corrected chi connectivity index (χ3v) is 3.63. The Hall–Kier alpha value is -2.03. The van der Waals surface area contributed by atoms with Gasteiger partial charge in [0.25, 0.3) is 0 Å². The lowest BCUT2D eigenvalue weighted by molar-refractivity contribution is 0.0991. The molecule has 1 aromatic heterocycles. The highest BCUT2D eigenvalue weighted by Crippen LogP contribution is 2.22. The van der Waals surface area contributed by atoms with Crippen LogP contribution < -0.4 is 0 Å². The molecule has 3 nitrogen and oxygen atoms in total. The number of hydrogen-bond donors (Lipinski definition) is 0. The van der Waals surface area contributed by atoms with Crippen LogP contribution in [0.2, 0.25) is 0 Å². The first-order chi connectivity index (χ1) is 9.33. The van der Waals surface area contributed by atoms with Crippen molar-refractivity contribution in [2.24, 2.45) is 0 Å². The molecule has 3 rings (SSSR count). The second-order valence-corrected chi connectivity index (χ2v) is 4.99. The van der Waals surface area contributed by atoms with Crippen molar-refractivity contribution in [2.75, 3.05) is 0 Å². The summed E-state index contributed by atoms with van der Waals surface area (Å²) in [5.41, 5.74) is 4.27. The molecule has 0 saturated heterocycles. The Balaban J connectivity index is 1.80. The van der Waals surface area contributed by atoms with Crippen LogP contribution in [-0.4, -0.2) is 15.8 Å². The summed E-state index contributed by atoms with van der Waals surface area (Å²) >= 11 is 0. The minimum absolute atomic E-state index is 0.119. The smallest absolute Gasteiger partial charge is 0.168 e. The zero-order chi connectivity index (χ0) is 13.1. The van der Waals surface area contributed by atoms with E-state index in [1.54, 1.807) is 18.6 Å². The lowest BCUT2D eigenvalue weighted by atomic mass is 9.89. The number of carbonyl (C=O) groups excluding carboxylic acids is 1. The molecule has 0 unspecified atom stereocenters. The van der Waals surface area contributed by atoms with Gasteiger partial charge in [-0.2, -0.15) is 0 Å². The van der Waals surface area contributed by atoms with Crippen molar-refractivity contribution in [1.29, 1.82) is 0 Å². The molecular weight excluding hydrogens is 236 g/mol. The first-order valence-corrected chi connectivity index (χ1v) is 6.73. The molecule has 1 heterocycles. The van der Waals surface area contributed by atoms with E-state index in [2.05, 4.69) is 22.1 Å². The van der Waals surface area contributed by atoms with Crippen molar-refractivity contribution in [3.05, 3.63) is 59.2 Å². The molecule has 0 N–H and O–H groups in total. The van der Waals surface area contributed by atoms with Gasteiger partial charge in [-0.05, 0) is 42.9 Å². The zero-order valence-corrected chi connectivity index (χ0v) is 10.8. The van der Waals surface area contributed by atoms with Gasteiger partial charge in [-0.3, -0.25) is 14.8 Å². The molecule has 1 aliphatic rings. The molecule has 0 spiro atoms. The largest absolute Gasteiger partial charge is 0.294 e. The van der Waals surface area contributed by atoms with Gasteiger partial charge < -0.3 is 0 Å². The summed E-state index contributed by atoms with van der Waals surface area (Å²) in [6, 6.07) is 6.12. The number of Topliss-reactive ketones (excluding diaryl/α,β-unsaturated/α-hetero) is 1. The number of ketones is 1. The van der Waals surface area contributed by atoms with Gasteiger partial charge in [0.15, 0.2) is 5.78 Å². The molecular formula is C16H16N2O. The van der Waals surface area contributed by atoms with E-state index in [0.29, 0.717) is 6.42 Å². The first kappa shape index (κ1) is 12.0. The molecule has 96 valence electrons. The predicted octanol–water partition coefficient (Wildman–Crippen LogP) is 2.78. The third kappa shape index (κ3) is 2.70. The first-order valence-electron chi connectivity index (χ1n) is 6.73. The van der Waals surface area contributed by atoms with E-state index >= 15 is 0 Å². The van der Waals surface area contributed by atoms with Gasteiger partial charge in [0.2, 0.25) is 0 Å². The molecule has 2 aromatic rings. The maximum absolute atomic E-state index is 12.2. The standard InChI is InChI=1S/C16H16N2O/c19-16(10-15-11-17-7-8-18-15)14-6-5-12-3-1-2-4-13(12)9-14/h5-9,11H,1-4,10H2. The molecule has 19 heavy (non-hydrogen) atoms. The van der Waals surface area contributed by atoms with Crippen LogP contribution >= 0.6 is 0 Å². The highest BCUT2D eigenvalue weighted by Gasteiger charge is 2.13. The summed E-state index contributed by atoms with van der Waals surface area (Å²) in [5.74, 6) is 0.119. The van der Waals surface area contributed by atoms with Gasteiger partial charge >= 0.3 is 0 Å². The average molecular weight is 252 g/mol. The average Bonchev–Trinajstić information content (AvgIpc) is 2.48. The minimum atomic E-state index is 0.119. The Morgan fingerprint density at radius 2 is 1.95 bits per heavy atom. The van der Waals surface area contributed by atoms with Gasteiger partial charge in [-0.25, -0.2) is 0 Å². The van der Waals surface area contributed by atoms with E-state index < -0.39 is 0 Å². The van der Waals surface area contributed by atoms with E-state index in [4.69, 9.17) is 0 Å². The van der Waals surface area contributed by atoms with Crippen LogP contribution in [0.4, 0.5) is 0 Å². The van der Waals surface area contributed by atoms with Gasteiger partial charge in [-0.15, -0.1) is 0 Å². The number of aryl methyl sites for hydroxylation is 2. The van der Waals surface area contributed by atoms with Crippen LogP contribution in [0.1, 0.15) is 40.0 Å². The number of benzene rings is 1. The normalized spacial score (nSPS) is 13.9. The Kier molecular flexibility index (Phi) is 3.36. The van der Waals surface area contributed by atoms with Crippen LogP contribution in [0.15, 0.2) is 36.8 Å². The summed E-state index contributed by atoms with van der Waals surface area (Å²) in [4.78, 5) is 20.4. The quantitative estimate of drug-likeness (QED) is 0.789. The maximum atomic E-state index is 12.2. The van der Waals surface area contributed by atoms with Crippen LogP contribution in [-0.2, 0) is 19.3 Å². The van der Waals surface area contributed by atoms with E-state index in [0.717, 1.165) is 24.1 Å². The van der Waals surface area contributed by atoms with Crippen molar-refractivity contribution < 1.29 is 4.79 Å². The van der Waals surface area contributed by atoms with Crippen molar-refractivity contribution in [3.63, 3.8) is 0 Å². The minimum Gasteiger partial charge on any atom is -0.294 e. The molecule has 0 bridgehead atoms. The Labute approximate surface area is 112 Å². The van der Waals surface area contributed by atoms with Crippen molar-refractivity contribution in [3.8, 4) is 0 Å². The molecule has 0 aliphatic heterocycles. The van der Waals surface area contributed by atoms with Gasteiger partial charge in [0.05, 0.1) is 12.1 Å². The van der Waals surface area contributed by atoms with Crippen LogP contribution in [0, 0.1) is 0 Å². The summed E-state index contributed by atoms with van der Waals surface area (Å²) in [6.07, 6.45) is 9.95. The summed E-state index contributed by atoms with van der Waals surface area (Å²) < 4.78 is 0. The van der Waals surface area contributed by atoms with E-state index in [1.807, 2.05) is 6.07 Å². The molecule has 0 saturated carbocycles. The highest BCUT2D eigenvalue weighted by atomic mass is 16.1. The molecule has 0 atom stereocenters. The van der Waals surface area contributed by atoms with Crippen molar-refractivity contribution >= 4 is 5.78 Å². The Bertz CT molecular complexity index is 593. The fourth-order valence-corrected chi connectivity index (χ4v) is 2.59. The van der Waals surface area contributed by atoms with Crippen molar-refractivity contribution in [1.82, 2.24) is 9.97 Å². The fourth-order valence-electron chi connectivity index (χ4n) is 2.59. The summed E-state index contributed by atoms with van der Waals surface area (Å²) in [6.45, 7) is 0. The number of carbonyl (C=O) groups is 1. The lowest BCUT2D eigenvalue weighted by Crippen LogP contribution is -2.08. The van der Waals surface area contributed by atoms with Crippen LogP contribution in [0.3, 0.4) is 0 Å². The lowest BCUT2D eigenvalue weighted by Gasteiger charge is -2.16. The van der Waals surface area contributed by atoms with E-state index in [9.17, 15) is 4.79 Å². The monoisotopic (exact) mass is 252 g/mol. The van der Waals surface area contributed by atoms with E-state index in [1.165, 1.54) is 24.0 Å². The van der Waals surface area contributed by atoms with Gasteiger partial charge in [-0.1, -0.05) is 12.1 Å². The molecule has 0 radical (unpaired) electrons. The van der Waals surface area contributed by atoms with Crippen LogP contribution in [0.25, 0.3) is 0 Å². The SMILES string of the molecule is O=C(Cc1cnccn1)c1ccc2c(c1)CCCC2. The number of hydrogen-bond acceptors (Lipinski definition) is 3. The number of rotatable bonds is 3. The van der Waals surface area contributed by atoms with E-state index in [-0.39, 0.29) is 5.78 Å². The summed E-state index contributed by atoms with van der Waals surface area (Å²) in [7, 11) is 0. The van der Waals surface area contributed by atoms with Gasteiger partial charge in [0.1, 0.15) is 0 Å². The third-order valence-electron chi connectivity index (χ3n) is 3.63.